The summed E-state index contributed by atoms with van der Waals surface area (Å²) in [5.74, 6) is 0.0460. The Balaban J connectivity index is 1.47. The van der Waals surface area contributed by atoms with Crippen LogP contribution in [0.15, 0.2) is 24.4 Å². The van der Waals surface area contributed by atoms with Crippen LogP contribution >= 0.6 is 11.3 Å². The van der Waals surface area contributed by atoms with E-state index in [9.17, 15) is 4.79 Å². The Morgan fingerprint density at radius 3 is 2.88 bits per heavy atom. The van der Waals surface area contributed by atoms with Gasteiger partial charge in [-0.15, -0.1) is 11.3 Å². The highest BCUT2D eigenvalue weighted by molar-refractivity contribution is 7.14. The molecule has 25 heavy (non-hydrogen) atoms. The number of carbonyl (C=O) groups excluding carboxylic acids is 1. The van der Waals surface area contributed by atoms with Crippen LogP contribution in [0.3, 0.4) is 0 Å². The number of nitrogens with zero attached hydrogens (tertiary/aromatic N) is 4. The molecule has 2 atom stereocenters. The zero-order valence-electron chi connectivity index (χ0n) is 14.2. The fraction of sp³-hybridized carbons (Fsp3) is 0.389. The summed E-state index contributed by atoms with van der Waals surface area (Å²) in [6.45, 7) is 3.82. The van der Waals surface area contributed by atoms with Gasteiger partial charge in [-0.05, 0) is 32.5 Å². The lowest BCUT2D eigenvalue weighted by molar-refractivity contribution is 0.0646. The first-order valence-corrected chi connectivity index (χ1v) is 9.34. The van der Waals surface area contributed by atoms with E-state index >= 15 is 0 Å². The number of piperazine rings is 1. The van der Waals surface area contributed by atoms with Crippen molar-refractivity contribution in [1.29, 1.82) is 0 Å². The van der Waals surface area contributed by atoms with E-state index in [-0.39, 0.29) is 5.91 Å². The normalized spacial score (nSPS) is 23.0. The van der Waals surface area contributed by atoms with Crippen molar-refractivity contribution in [2.24, 2.45) is 0 Å². The van der Waals surface area contributed by atoms with E-state index in [1.54, 1.807) is 11.3 Å². The monoisotopic (exact) mass is 353 g/mol. The molecule has 0 spiro atoms. The molecule has 3 aromatic rings. The highest BCUT2D eigenvalue weighted by Gasteiger charge is 2.44. The number of aromatic amines is 1. The van der Waals surface area contributed by atoms with Gasteiger partial charge in [0, 0.05) is 47.2 Å². The minimum Gasteiger partial charge on any atom is -0.331 e. The van der Waals surface area contributed by atoms with E-state index in [0.717, 1.165) is 41.0 Å². The van der Waals surface area contributed by atoms with Crippen molar-refractivity contribution in [1.82, 2.24) is 25.0 Å². The van der Waals surface area contributed by atoms with E-state index < -0.39 is 0 Å². The molecule has 1 amide bonds. The number of hydrogen-bond acceptors (Lipinski definition) is 5. The van der Waals surface area contributed by atoms with E-state index in [1.807, 2.05) is 36.2 Å². The first-order chi connectivity index (χ1) is 12.1. The second-order valence-corrected chi connectivity index (χ2v) is 8.28. The fourth-order valence-corrected chi connectivity index (χ4v) is 4.82. The van der Waals surface area contributed by atoms with Gasteiger partial charge < -0.3 is 4.90 Å². The number of hydrogen-bond donors (Lipinski definition) is 1. The zero-order valence-corrected chi connectivity index (χ0v) is 15.0. The minimum absolute atomic E-state index is 0.0460. The molecule has 2 fully saturated rings. The molecule has 2 unspecified atom stereocenters. The van der Waals surface area contributed by atoms with Gasteiger partial charge in [-0.1, -0.05) is 6.07 Å². The number of likely N-dealkylation sites (N-methyl/N-ethyl adjacent to an activating group) is 1. The molecule has 5 rings (SSSR count). The molecule has 2 aliphatic rings. The van der Waals surface area contributed by atoms with Crippen molar-refractivity contribution in [3.8, 4) is 10.6 Å². The number of fused-ring (bicyclic) bond motifs is 3. The first kappa shape index (κ1) is 15.0. The number of benzene rings is 1. The van der Waals surface area contributed by atoms with Crippen LogP contribution in [0.25, 0.3) is 21.5 Å². The maximum Gasteiger partial charge on any atom is 0.275 e. The summed E-state index contributed by atoms with van der Waals surface area (Å²) in [4.78, 5) is 23.0. The molecule has 7 heteroatoms. The van der Waals surface area contributed by atoms with Crippen LogP contribution in [0.1, 0.15) is 21.8 Å². The van der Waals surface area contributed by atoms with E-state index in [1.165, 1.54) is 4.88 Å². The molecule has 1 aromatic carbocycles. The molecule has 128 valence electrons. The Bertz CT molecular complexity index is 975. The predicted molar refractivity (Wildman–Crippen MR) is 97.8 cm³/mol. The van der Waals surface area contributed by atoms with Crippen LogP contribution in [-0.4, -0.2) is 63.1 Å². The van der Waals surface area contributed by atoms with Gasteiger partial charge in [0.15, 0.2) is 5.69 Å². The summed E-state index contributed by atoms with van der Waals surface area (Å²) < 4.78 is 0. The third kappa shape index (κ3) is 2.30. The number of aryl methyl sites for hydroxylation is 1. The van der Waals surface area contributed by atoms with Crippen LogP contribution in [-0.2, 0) is 0 Å². The maximum absolute atomic E-state index is 13.0. The van der Waals surface area contributed by atoms with Crippen LogP contribution in [0.2, 0.25) is 0 Å². The highest BCUT2D eigenvalue weighted by atomic mass is 32.1. The molecule has 2 bridgehead atoms. The lowest BCUT2D eigenvalue weighted by Crippen LogP contribution is -2.47. The second kappa shape index (κ2) is 5.37. The summed E-state index contributed by atoms with van der Waals surface area (Å²) in [5.41, 5.74) is 2.47. The maximum atomic E-state index is 13.0. The number of amides is 1. The Kier molecular flexibility index (Phi) is 3.23. The summed E-state index contributed by atoms with van der Waals surface area (Å²) in [6.07, 6.45) is 2.96. The molecule has 2 aliphatic heterocycles. The quantitative estimate of drug-likeness (QED) is 0.769. The highest BCUT2D eigenvalue weighted by Crippen LogP contribution is 2.32. The largest absolute Gasteiger partial charge is 0.331 e. The van der Waals surface area contributed by atoms with Crippen LogP contribution < -0.4 is 0 Å². The van der Waals surface area contributed by atoms with Gasteiger partial charge in [-0.3, -0.25) is 14.8 Å². The molecule has 0 aliphatic carbocycles. The van der Waals surface area contributed by atoms with Gasteiger partial charge in [0.05, 0.1) is 5.52 Å². The predicted octanol–water partition coefficient (Wildman–Crippen LogP) is 2.52. The topological polar surface area (TPSA) is 65.1 Å². The van der Waals surface area contributed by atoms with Gasteiger partial charge in [-0.2, -0.15) is 5.10 Å². The van der Waals surface area contributed by atoms with Gasteiger partial charge in [0.2, 0.25) is 0 Å². The van der Waals surface area contributed by atoms with Gasteiger partial charge in [0.25, 0.3) is 5.91 Å². The summed E-state index contributed by atoms with van der Waals surface area (Å²) >= 11 is 1.67. The fourth-order valence-electron chi connectivity index (χ4n) is 4.05. The number of aromatic nitrogens is 3. The molecular formula is C18H19N5OS. The SMILES string of the molecule is Cc1cnc(-c2ccc3c(C(=O)N4CC5CC4CN5C)n[nH]c3c2)s1. The van der Waals surface area contributed by atoms with Crippen molar-refractivity contribution in [2.75, 3.05) is 20.1 Å². The number of thiazole rings is 1. The Hall–Kier alpha value is -2.25. The molecule has 0 saturated carbocycles. The molecule has 0 radical (unpaired) electrons. The Morgan fingerprint density at radius 2 is 2.20 bits per heavy atom. The van der Waals surface area contributed by atoms with Gasteiger partial charge in [-0.25, -0.2) is 4.98 Å². The molecule has 6 nitrogen and oxygen atoms in total. The van der Waals surface area contributed by atoms with Crippen molar-refractivity contribution in [2.45, 2.75) is 25.4 Å². The first-order valence-electron chi connectivity index (χ1n) is 8.52. The Morgan fingerprint density at radius 1 is 1.32 bits per heavy atom. The number of likely N-dealkylation sites (tertiary alicyclic amines) is 2. The van der Waals surface area contributed by atoms with E-state index in [4.69, 9.17) is 0 Å². The van der Waals surface area contributed by atoms with Crippen molar-refractivity contribution in [3.63, 3.8) is 0 Å². The average Bonchev–Trinajstić information content (AvgIpc) is 3.35. The molecule has 2 aromatic heterocycles. The average molecular weight is 353 g/mol. The number of nitrogens with one attached hydrogen (secondary N) is 1. The Labute approximate surface area is 149 Å². The number of rotatable bonds is 2. The third-order valence-corrected chi connectivity index (χ3v) is 6.37. The van der Waals surface area contributed by atoms with E-state index in [2.05, 4.69) is 27.1 Å². The molecule has 2 saturated heterocycles. The minimum atomic E-state index is 0.0460. The lowest BCUT2D eigenvalue weighted by Gasteiger charge is -2.31. The smallest absolute Gasteiger partial charge is 0.275 e. The standard InChI is InChI=1S/C18H19N5OS/c1-10-7-19-17(25-10)11-3-4-14-15(5-11)20-21-16(14)18(24)23-9-12-6-13(23)8-22(12)2/h3-5,7,12-13H,6,8-9H2,1-2H3,(H,20,21). The van der Waals surface area contributed by atoms with Gasteiger partial charge in [0.1, 0.15) is 5.01 Å². The molecular weight excluding hydrogens is 334 g/mol. The van der Waals surface area contributed by atoms with Crippen molar-refractivity contribution in [3.05, 3.63) is 35.0 Å². The summed E-state index contributed by atoms with van der Waals surface area (Å²) in [7, 11) is 2.14. The second-order valence-electron chi connectivity index (χ2n) is 7.05. The van der Waals surface area contributed by atoms with Gasteiger partial charge >= 0.3 is 0 Å². The van der Waals surface area contributed by atoms with Crippen LogP contribution in [0.5, 0.6) is 0 Å². The number of H-pyrrole nitrogens is 1. The van der Waals surface area contributed by atoms with Crippen LogP contribution in [0.4, 0.5) is 0 Å². The third-order valence-electron chi connectivity index (χ3n) is 5.41. The van der Waals surface area contributed by atoms with Crippen molar-refractivity contribution >= 4 is 28.1 Å². The number of carbonyl (C=O) groups is 1. The van der Waals surface area contributed by atoms with Crippen LogP contribution in [0, 0.1) is 6.92 Å². The molecule has 1 N–H and O–H groups in total. The lowest BCUT2D eigenvalue weighted by atomic mass is 10.1. The van der Waals surface area contributed by atoms with Crippen molar-refractivity contribution < 1.29 is 4.79 Å². The molecule has 4 heterocycles. The summed E-state index contributed by atoms with van der Waals surface area (Å²) in [5, 5.41) is 9.24. The summed E-state index contributed by atoms with van der Waals surface area (Å²) in [6, 6.07) is 6.86. The zero-order chi connectivity index (χ0) is 17.1. The van der Waals surface area contributed by atoms with E-state index in [0.29, 0.717) is 17.8 Å².